The van der Waals surface area contributed by atoms with Crippen molar-refractivity contribution in [2.24, 2.45) is 5.92 Å². The predicted octanol–water partition coefficient (Wildman–Crippen LogP) is 6.00. The second kappa shape index (κ2) is 7.02. The van der Waals surface area contributed by atoms with Gasteiger partial charge in [-0.15, -0.1) is 5.10 Å². The molecule has 1 unspecified atom stereocenters. The zero-order valence-corrected chi connectivity index (χ0v) is 16.6. The van der Waals surface area contributed by atoms with Gasteiger partial charge in [-0.2, -0.15) is 0 Å². The minimum atomic E-state index is 0.117. The van der Waals surface area contributed by atoms with Crippen molar-refractivity contribution in [3.63, 3.8) is 0 Å². The Balaban J connectivity index is 1.85. The Labute approximate surface area is 168 Å². The fraction of sp³-hybridized carbons (Fsp3) is 0.238. The normalized spacial score (nSPS) is 16.3. The number of halogens is 2. The molecule has 1 N–H and O–H groups in total. The molecule has 6 heteroatoms. The Morgan fingerprint density at radius 1 is 1.11 bits per heavy atom. The maximum Gasteiger partial charge on any atom is 0.168 e. The summed E-state index contributed by atoms with van der Waals surface area (Å²) in [6.07, 6.45) is 1.33. The standard InChI is InChI=1S/C21H19Cl2N3O/c1-12-10-18-20(19(27)11-12)21(24-17-5-3-4-16(23)13(17)2)25-26(18)15-8-6-14(22)7-9-15/h3-9,12H,10-11H2,1-2H3,(H,24,25). The van der Waals surface area contributed by atoms with Crippen LogP contribution in [0, 0.1) is 12.8 Å². The van der Waals surface area contributed by atoms with Crippen LogP contribution in [0.3, 0.4) is 0 Å². The summed E-state index contributed by atoms with van der Waals surface area (Å²) in [5.74, 6) is 0.974. The number of Topliss-reactive ketones (excluding diaryl/α,β-unsaturated/α-hetero) is 1. The van der Waals surface area contributed by atoms with Crippen LogP contribution in [0.15, 0.2) is 42.5 Å². The molecule has 0 saturated heterocycles. The lowest BCUT2D eigenvalue weighted by Crippen LogP contribution is -2.19. The number of ketones is 1. The molecule has 0 spiro atoms. The molecule has 27 heavy (non-hydrogen) atoms. The number of anilines is 2. The SMILES string of the molecule is Cc1c(Cl)cccc1Nc1nn(-c2ccc(Cl)cc2)c2c1C(=O)CC(C)C2. The summed E-state index contributed by atoms with van der Waals surface area (Å²) in [5.41, 5.74) is 4.25. The molecular formula is C21H19Cl2N3O. The summed E-state index contributed by atoms with van der Waals surface area (Å²) in [6, 6.07) is 13.1. The number of fused-ring (bicyclic) bond motifs is 1. The van der Waals surface area contributed by atoms with Crippen LogP contribution in [0.4, 0.5) is 11.5 Å². The number of nitrogens with one attached hydrogen (secondary N) is 1. The van der Waals surface area contributed by atoms with E-state index in [1.807, 2.05) is 54.1 Å². The molecule has 0 bridgehead atoms. The molecule has 4 nitrogen and oxygen atoms in total. The number of rotatable bonds is 3. The summed E-state index contributed by atoms with van der Waals surface area (Å²) in [5, 5.41) is 9.40. The molecule has 3 aromatic rings. The van der Waals surface area contributed by atoms with Crippen LogP contribution < -0.4 is 5.32 Å². The van der Waals surface area contributed by atoms with Crippen molar-refractivity contribution in [3.05, 3.63) is 69.3 Å². The van der Waals surface area contributed by atoms with Crippen LogP contribution in [0.25, 0.3) is 5.69 Å². The third-order valence-electron chi connectivity index (χ3n) is 4.93. The van der Waals surface area contributed by atoms with E-state index in [4.69, 9.17) is 28.3 Å². The van der Waals surface area contributed by atoms with Crippen molar-refractivity contribution in [2.75, 3.05) is 5.32 Å². The lowest BCUT2D eigenvalue weighted by atomic mass is 9.87. The third kappa shape index (κ3) is 3.35. The number of hydrogen-bond acceptors (Lipinski definition) is 3. The Hall–Kier alpha value is -2.30. The Bertz CT molecular complexity index is 1020. The summed E-state index contributed by atoms with van der Waals surface area (Å²) in [4.78, 5) is 12.8. The van der Waals surface area contributed by atoms with Gasteiger partial charge in [-0.1, -0.05) is 36.2 Å². The number of carbonyl (C=O) groups is 1. The molecular weight excluding hydrogens is 381 g/mol. The van der Waals surface area contributed by atoms with E-state index in [1.54, 1.807) is 0 Å². The van der Waals surface area contributed by atoms with E-state index >= 15 is 0 Å². The average molecular weight is 400 g/mol. The first-order valence-electron chi connectivity index (χ1n) is 8.87. The molecule has 0 aliphatic heterocycles. The first kappa shape index (κ1) is 18.1. The van der Waals surface area contributed by atoms with Gasteiger partial charge in [0.05, 0.1) is 16.9 Å². The van der Waals surface area contributed by atoms with Crippen LogP contribution in [0.1, 0.15) is 35.0 Å². The van der Waals surface area contributed by atoms with Gasteiger partial charge in [0.1, 0.15) is 0 Å². The van der Waals surface area contributed by atoms with Gasteiger partial charge in [0.15, 0.2) is 11.6 Å². The van der Waals surface area contributed by atoms with E-state index in [0.717, 1.165) is 29.1 Å². The highest BCUT2D eigenvalue weighted by Gasteiger charge is 2.31. The van der Waals surface area contributed by atoms with E-state index in [0.29, 0.717) is 27.8 Å². The first-order chi connectivity index (χ1) is 12.9. The number of carbonyl (C=O) groups excluding carboxylic acids is 1. The van der Waals surface area contributed by atoms with E-state index in [9.17, 15) is 4.79 Å². The monoisotopic (exact) mass is 399 g/mol. The number of nitrogens with zero attached hydrogens (tertiary/aromatic N) is 2. The van der Waals surface area contributed by atoms with Crippen molar-refractivity contribution in [2.45, 2.75) is 26.7 Å². The van der Waals surface area contributed by atoms with Crippen molar-refractivity contribution in [1.82, 2.24) is 9.78 Å². The molecule has 2 aromatic carbocycles. The van der Waals surface area contributed by atoms with Crippen molar-refractivity contribution in [1.29, 1.82) is 0 Å². The smallest absolute Gasteiger partial charge is 0.168 e. The molecule has 0 radical (unpaired) electrons. The van der Waals surface area contributed by atoms with Gasteiger partial charge >= 0.3 is 0 Å². The van der Waals surface area contributed by atoms with Gasteiger partial charge in [0, 0.05) is 22.2 Å². The highest BCUT2D eigenvalue weighted by Crippen LogP contribution is 2.35. The van der Waals surface area contributed by atoms with Crippen molar-refractivity contribution in [3.8, 4) is 5.69 Å². The number of aromatic nitrogens is 2. The zero-order valence-electron chi connectivity index (χ0n) is 15.1. The Morgan fingerprint density at radius 3 is 2.59 bits per heavy atom. The van der Waals surface area contributed by atoms with Gasteiger partial charge in [0.2, 0.25) is 0 Å². The van der Waals surface area contributed by atoms with E-state index in [-0.39, 0.29) is 11.7 Å². The molecule has 0 amide bonds. The molecule has 0 fully saturated rings. The van der Waals surface area contributed by atoms with Gasteiger partial charge in [-0.3, -0.25) is 4.79 Å². The van der Waals surface area contributed by atoms with E-state index in [2.05, 4.69) is 12.2 Å². The van der Waals surface area contributed by atoms with Gasteiger partial charge in [0.25, 0.3) is 0 Å². The summed E-state index contributed by atoms with van der Waals surface area (Å²) in [7, 11) is 0. The third-order valence-corrected chi connectivity index (χ3v) is 5.59. The van der Waals surface area contributed by atoms with E-state index < -0.39 is 0 Å². The number of hydrogen-bond donors (Lipinski definition) is 1. The highest BCUT2D eigenvalue weighted by atomic mass is 35.5. The largest absolute Gasteiger partial charge is 0.338 e. The molecule has 1 atom stereocenters. The van der Waals surface area contributed by atoms with Crippen LogP contribution in [-0.2, 0) is 6.42 Å². The Kier molecular flexibility index (Phi) is 4.70. The van der Waals surface area contributed by atoms with Crippen LogP contribution in [0.5, 0.6) is 0 Å². The fourth-order valence-electron chi connectivity index (χ4n) is 3.51. The van der Waals surface area contributed by atoms with Crippen LogP contribution in [0.2, 0.25) is 10.0 Å². The topological polar surface area (TPSA) is 46.9 Å². The molecule has 1 heterocycles. The summed E-state index contributed by atoms with van der Waals surface area (Å²) in [6.45, 7) is 4.03. The Morgan fingerprint density at radius 2 is 1.85 bits per heavy atom. The van der Waals surface area contributed by atoms with Gasteiger partial charge in [-0.25, -0.2) is 4.68 Å². The van der Waals surface area contributed by atoms with Crippen molar-refractivity contribution < 1.29 is 4.79 Å². The number of benzene rings is 2. The summed E-state index contributed by atoms with van der Waals surface area (Å²) < 4.78 is 1.85. The summed E-state index contributed by atoms with van der Waals surface area (Å²) >= 11 is 12.3. The van der Waals surface area contributed by atoms with Gasteiger partial charge in [-0.05, 0) is 61.2 Å². The molecule has 1 aliphatic carbocycles. The average Bonchev–Trinajstić information content (AvgIpc) is 2.98. The van der Waals surface area contributed by atoms with Crippen LogP contribution >= 0.6 is 23.2 Å². The molecule has 0 saturated carbocycles. The first-order valence-corrected chi connectivity index (χ1v) is 9.63. The predicted molar refractivity (Wildman–Crippen MR) is 110 cm³/mol. The lowest BCUT2D eigenvalue weighted by Gasteiger charge is -2.19. The fourth-order valence-corrected chi connectivity index (χ4v) is 3.81. The molecule has 4 rings (SSSR count). The van der Waals surface area contributed by atoms with Crippen molar-refractivity contribution >= 4 is 40.5 Å². The minimum absolute atomic E-state index is 0.117. The van der Waals surface area contributed by atoms with Crippen LogP contribution in [-0.4, -0.2) is 15.6 Å². The van der Waals surface area contributed by atoms with Gasteiger partial charge < -0.3 is 5.32 Å². The maximum atomic E-state index is 12.8. The van der Waals surface area contributed by atoms with E-state index in [1.165, 1.54) is 0 Å². The maximum absolute atomic E-state index is 12.8. The molecule has 1 aromatic heterocycles. The molecule has 1 aliphatic rings. The molecule has 138 valence electrons. The minimum Gasteiger partial charge on any atom is -0.338 e. The second-order valence-corrected chi connectivity index (χ2v) is 7.88. The zero-order chi connectivity index (χ0) is 19.1. The lowest BCUT2D eigenvalue weighted by molar-refractivity contribution is 0.0953. The highest BCUT2D eigenvalue weighted by molar-refractivity contribution is 6.31. The second-order valence-electron chi connectivity index (χ2n) is 7.03. The quantitative estimate of drug-likeness (QED) is 0.587.